The molecule has 132 valence electrons. The molecule has 0 radical (unpaired) electrons. The number of carbonyl (C=O) groups is 1. The minimum Gasteiger partial charge on any atom is -0.346 e. The Kier molecular flexibility index (Phi) is 4.32. The Labute approximate surface area is 147 Å². The van der Waals surface area contributed by atoms with Crippen molar-refractivity contribution in [3.8, 4) is 0 Å². The Hall–Kier alpha value is -2.70. The summed E-state index contributed by atoms with van der Waals surface area (Å²) in [5.74, 6) is -0.176. The third-order valence-electron chi connectivity index (χ3n) is 4.26. The van der Waals surface area contributed by atoms with Gasteiger partial charge < -0.3 is 9.88 Å². The summed E-state index contributed by atoms with van der Waals surface area (Å²) in [6.45, 7) is 10.8. The number of hydrogen-bond acceptors (Lipinski definition) is 4. The van der Waals surface area contributed by atoms with E-state index >= 15 is 0 Å². The van der Waals surface area contributed by atoms with Crippen molar-refractivity contribution in [2.24, 2.45) is 5.41 Å². The van der Waals surface area contributed by atoms with Gasteiger partial charge in [0.2, 0.25) is 0 Å². The summed E-state index contributed by atoms with van der Waals surface area (Å²) in [4.78, 5) is 21.3. The molecule has 25 heavy (non-hydrogen) atoms. The summed E-state index contributed by atoms with van der Waals surface area (Å²) < 4.78 is 3.72. The molecule has 1 atom stereocenters. The number of fused-ring (bicyclic) bond motifs is 1. The van der Waals surface area contributed by atoms with Crippen molar-refractivity contribution in [1.29, 1.82) is 0 Å². The number of hydrogen-bond donors (Lipinski definition) is 1. The molecule has 7 nitrogen and oxygen atoms in total. The lowest BCUT2D eigenvalue weighted by Crippen LogP contribution is -2.46. The average molecular weight is 340 g/mol. The fourth-order valence-corrected chi connectivity index (χ4v) is 2.73. The standard InChI is InChI=1S/C18H24N6O/c1-12-8-16-20-14(9-13(2)24(16)22-12)17(25)21-15(18(3,4)5)10-23-7-6-19-11-23/h6-9,11,15H,10H2,1-5H3,(H,21,25). The molecule has 0 aliphatic heterocycles. The number of nitrogens with one attached hydrogen (secondary N) is 1. The monoisotopic (exact) mass is 340 g/mol. The van der Waals surface area contributed by atoms with Crippen LogP contribution in [0.2, 0.25) is 0 Å². The van der Waals surface area contributed by atoms with E-state index in [0.29, 0.717) is 17.9 Å². The van der Waals surface area contributed by atoms with E-state index in [9.17, 15) is 4.79 Å². The van der Waals surface area contributed by atoms with Crippen LogP contribution >= 0.6 is 0 Å². The second-order valence-electron chi connectivity index (χ2n) is 7.49. The normalized spacial score (nSPS) is 13.2. The predicted octanol–water partition coefficient (Wildman–Crippen LogP) is 2.39. The highest BCUT2D eigenvalue weighted by Gasteiger charge is 2.27. The number of aryl methyl sites for hydroxylation is 2. The third-order valence-corrected chi connectivity index (χ3v) is 4.26. The van der Waals surface area contributed by atoms with Crippen molar-refractivity contribution in [3.63, 3.8) is 0 Å². The first-order chi connectivity index (χ1) is 11.7. The molecule has 1 N–H and O–H groups in total. The van der Waals surface area contributed by atoms with Crippen LogP contribution in [0.4, 0.5) is 0 Å². The van der Waals surface area contributed by atoms with Crippen LogP contribution in [0, 0.1) is 19.3 Å². The minimum absolute atomic E-state index is 0.0563. The first-order valence-corrected chi connectivity index (χ1v) is 8.34. The van der Waals surface area contributed by atoms with Crippen LogP contribution in [0.25, 0.3) is 5.65 Å². The smallest absolute Gasteiger partial charge is 0.270 e. The Morgan fingerprint density at radius 2 is 2.04 bits per heavy atom. The molecule has 1 unspecified atom stereocenters. The number of aromatic nitrogens is 5. The topological polar surface area (TPSA) is 77.1 Å². The van der Waals surface area contributed by atoms with Crippen LogP contribution in [0.1, 0.15) is 42.6 Å². The van der Waals surface area contributed by atoms with Crippen molar-refractivity contribution in [2.45, 2.75) is 47.2 Å². The van der Waals surface area contributed by atoms with E-state index in [1.807, 2.05) is 30.7 Å². The molecule has 7 heteroatoms. The van der Waals surface area contributed by atoms with Gasteiger partial charge in [0.25, 0.3) is 5.91 Å². The number of carbonyl (C=O) groups excluding carboxylic acids is 1. The Morgan fingerprint density at radius 3 is 2.68 bits per heavy atom. The van der Waals surface area contributed by atoms with E-state index in [-0.39, 0.29) is 17.4 Å². The zero-order valence-corrected chi connectivity index (χ0v) is 15.3. The van der Waals surface area contributed by atoms with Gasteiger partial charge in [0.1, 0.15) is 5.69 Å². The van der Waals surface area contributed by atoms with Crippen molar-refractivity contribution >= 4 is 11.6 Å². The second-order valence-corrected chi connectivity index (χ2v) is 7.49. The highest BCUT2D eigenvalue weighted by Crippen LogP contribution is 2.21. The zero-order valence-electron chi connectivity index (χ0n) is 15.3. The summed E-state index contributed by atoms with van der Waals surface area (Å²) in [5, 5.41) is 7.51. The quantitative estimate of drug-likeness (QED) is 0.791. The third kappa shape index (κ3) is 3.70. The molecule has 0 aromatic carbocycles. The van der Waals surface area contributed by atoms with Crippen molar-refractivity contribution in [1.82, 2.24) is 29.5 Å². The number of nitrogens with zero attached hydrogens (tertiary/aromatic N) is 5. The SMILES string of the molecule is Cc1cc2nc(C(=O)NC(Cn3ccnc3)C(C)(C)C)cc(C)n2n1. The molecule has 0 saturated heterocycles. The van der Waals surface area contributed by atoms with Gasteiger partial charge in [0, 0.05) is 30.7 Å². The van der Waals surface area contributed by atoms with Gasteiger partial charge in [-0.15, -0.1) is 0 Å². The second kappa shape index (κ2) is 6.31. The lowest BCUT2D eigenvalue weighted by Gasteiger charge is -2.31. The van der Waals surface area contributed by atoms with Crippen LogP contribution in [-0.2, 0) is 6.54 Å². The van der Waals surface area contributed by atoms with Crippen LogP contribution in [0.5, 0.6) is 0 Å². The fourth-order valence-electron chi connectivity index (χ4n) is 2.73. The first-order valence-electron chi connectivity index (χ1n) is 8.34. The molecule has 3 rings (SSSR count). The van der Waals surface area contributed by atoms with Gasteiger partial charge in [-0.2, -0.15) is 5.10 Å². The number of rotatable bonds is 4. The minimum atomic E-state index is -0.176. The first kappa shape index (κ1) is 17.1. The molecule has 3 aromatic rings. The molecule has 0 saturated carbocycles. The van der Waals surface area contributed by atoms with Crippen LogP contribution in [0.15, 0.2) is 30.9 Å². The van der Waals surface area contributed by atoms with E-state index in [0.717, 1.165) is 11.4 Å². The molecule has 0 aliphatic carbocycles. The van der Waals surface area contributed by atoms with Crippen molar-refractivity contribution in [2.75, 3.05) is 0 Å². The molecule has 0 bridgehead atoms. The largest absolute Gasteiger partial charge is 0.346 e. The maximum atomic E-state index is 12.8. The average Bonchev–Trinajstić information content (AvgIpc) is 3.14. The molecular formula is C18H24N6O. The van der Waals surface area contributed by atoms with Crippen LogP contribution in [0.3, 0.4) is 0 Å². The summed E-state index contributed by atoms with van der Waals surface area (Å²) in [5.41, 5.74) is 2.74. The highest BCUT2D eigenvalue weighted by molar-refractivity contribution is 5.93. The summed E-state index contributed by atoms with van der Waals surface area (Å²) >= 11 is 0. The van der Waals surface area contributed by atoms with Gasteiger partial charge in [-0.25, -0.2) is 14.5 Å². The van der Waals surface area contributed by atoms with E-state index in [2.05, 4.69) is 41.2 Å². The van der Waals surface area contributed by atoms with Gasteiger partial charge in [-0.1, -0.05) is 20.8 Å². The fraction of sp³-hybridized carbons (Fsp3) is 0.444. The zero-order chi connectivity index (χ0) is 18.2. The predicted molar refractivity (Wildman–Crippen MR) is 95.4 cm³/mol. The number of amides is 1. The Morgan fingerprint density at radius 1 is 1.28 bits per heavy atom. The highest BCUT2D eigenvalue weighted by atomic mass is 16.2. The molecule has 0 spiro atoms. The maximum Gasteiger partial charge on any atom is 0.270 e. The Balaban J connectivity index is 1.85. The molecule has 0 aliphatic rings. The van der Waals surface area contributed by atoms with E-state index in [1.165, 1.54) is 0 Å². The lowest BCUT2D eigenvalue weighted by molar-refractivity contribution is 0.0887. The van der Waals surface area contributed by atoms with Gasteiger partial charge >= 0.3 is 0 Å². The van der Waals surface area contributed by atoms with Gasteiger partial charge in [0.05, 0.1) is 18.1 Å². The van der Waals surface area contributed by atoms with Crippen LogP contribution in [-0.4, -0.2) is 36.1 Å². The summed E-state index contributed by atoms with van der Waals surface area (Å²) in [7, 11) is 0. The van der Waals surface area contributed by atoms with Gasteiger partial charge in [0.15, 0.2) is 5.65 Å². The van der Waals surface area contributed by atoms with E-state index in [1.54, 1.807) is 23.1 Å². The van der Waals surface area contributed by atoms with Crippen LogP contribution < -0.4 is 5.32 Å². The summed E-state index contributed by atoms with van der Waals surface area (Å²) in [6.07, 6.45) is 5.39. The Bertz CT molecular complexity index is 888. The summed E-state index contributed by atoms with van der Waals surface area (Å²) in [6, 6.07) is 3.58. The molecule has 3 heterocycles. The molecule has 0 fully saturated rings. The lowest BCUT2D eigenvalue weighted by atomic mass is 9.86. The molecular weight excluding hydrogens is 316 g/mol. The van der Waals surface area contributed by atoms with E-state index in [4.69, 9.17) is 0 Å². The molecule has 3 aromatic heterocycles. The number of imidazole rings is 1. The van der Waals surface area contributed by atoms with Gasteiger partial charge in [-0.05, 0) is 25.3 Å². The van der Waals surface area contributed by atoms with Crippen molar-refractivity contribution < 1.29 is 4.79 Å². The van der Waals surface area contributed by atoms with E-state index < -0.39 is 0 Å². The van der Waals surface area contributed by atoms with Crippen molar-refractivity contribution in [3.05, 3.63) is 47.9 Å². The maximum absolute atomic E-state index is 12.8. The molecule has 1 amide bonds. The van der Waals surface area contributed by atoms with Gasteiger partial charge in [-0.3, -0.25) is 4.79 Å².